The smallest absolute Gasteiger partial charge is 0.244 e. The number of carbonyl (C=O) groups is 1. The largest absolute Gasteiger partial charge is 0.459 e. The SMILES string of the molecule is CC(NC(=O)/C=C/c1ccc2c(c1)OCO2)c1cc2ccccc2o1. The second-order valence-corrected chi connectivity index (χ2v) is 5.86. The Balaban J connectivity index is 1.42. The van der Waals surface area contributed by atoms with E-state index in [0.29, 0.717) is 5.75 Å². The third-order valence-electron chi connectivity index (χ3n) is 4.05. The van der Waals surface area contributed by atoms with Crippen molar-refractivity contribution in [2.75, 3.05) is 6.79 Å². The highest BCUT2D eigenvalue weighted by Gasteiger charge is 2.14. The van der Waals surface area contributed by atoms with Gasteiger partial charge in [-0.25, -0.2) is 0 Å². The Morgan fingerprint density at radius 3 is 2.84 bits per heavy atom. The first-order chi connectivity index (χ1) is 12.2. The summed E-state index contributed by atoms with van der Waals surface area (Å²) in [6, 6.07) is 15.0. The summed E-state index contributed by atoms with van der Waals surface area (Å²) in [4.78, 5) is 12.2. The molecule has 0 radical (unpaired) electrons. The molecule has 2 heterocycles. The molecule has 1 N–H and O–H groups in total. The maximum atomic E-state index is 12.2. The molecule has 5 nitrogen and oxygen atoms in total. The van der Waals surface area contributed by atoms with Crippen LogP contribution in [0.5, 0.6) is 11.5 Å². The van der Waals surface area contributed by atoms with Gasteiger partial charge in [-0.15, -0.1) is 0 Å². The van der Waals surface area contributed by atoms with Gasteiger partial charge in [0, 0.05) is 11.5 Å². The number of ether oxygens (including phenoxy) is 2. The molecule has 0 aliphatic carbocycles. The van der Waals surface area contributed by atoms with Crippen LogP contribution in [0.15, 0.2) is 59.0 Å². The molecule has 1 aromatic heterocycles. The fourth-order valence-electron chi connectivity index (χ4n) is 2.74. The van der Waals surface area contributed by atoms with E-state index >= 15 is 0 Å². The molecular formula is C20H17NO4. The van der Waals surface area contributed by atoms with Gasteiger partial charge in [0.2, 0.25) is 12.7 Å². The maximum absolute atomic E-state index is 12.2. The zero-order valence-electron chi connectivity index (χ0n) is 13.7. The summed E-state index contributed by atoms with van der Waals surface area (Å²) < 4.78 is 16.4. The molecule has 1 unspecified atom stereocenters. The lowest BCUT2D eigenvalue weighted by Gasteiger charge is -2.09. The van der Waals surface area contributed by atoms with Crippen molar-refractivity contribution in [1.29, 1.82) is 0 Å². The van der Waals surface area contributed by atoms with E-state index in [-0.39, 0.29) is 18.7 Å². The number of amides is 1. The first-order valence-corrected chi connectivity index (χ1v) is 8.06. The van der Waals surface area contributed by atoms with Gasteiger partial charge in [-0.2, -0.15) is 0 Å². The second kappa shape index (κ2) is 6.36. The monoisotopic (exact) mass is 335 g/mol. The van der Waals surface area contributed by atoms with E-state index in [1.807, 2.05) is 55.5 Å². The molecule has 2 aromatic carbocycles. The molecular weight excluding hydrogens is 318 g/mol. The molecule has 1 aliphatic rings. The van der Waals surface area contributed by atoms with Gasteiger partial charge in [0.15, 0.2) is 11.5 Å². The van der Waals surface area contributed by atoms with Crippen LogP contribution in [0.3, 0.4) is 0 Å². The number of carbonyl (C=O) groups excluding carboxylic acids is 1. The second-order valence-electron chi connectivity index (χ2n) is 5.86. The van der Waals surface area contributed by atoms with Gasteiger partial charge >= 0.3 is 0 Å². The van der Waals surface area contributed by atoms with Crippen LogP contribution in [0, 0.1) is 0 Å². The first kappa shape index (κ1) is 15.3. The van der Waals surface area contributed by atoms with Crippen molar-refractivity contribution < 1.29 is 18.7 Å². The minimum atomic E-state index is -0.221. The molecule has 3 aromatic rings. The molecule has 4 rings (SSSR count). The van der Waals surface area contributed by atoms with Crippen molar-refractivity contribution in [2.24, 2.45) is 0 Å². The Hall–Kier alpha value is -3.21. The summed E-state index contributed by atoms with van der Waals surface area (Å²) in [5, 5.41) is 3.93. The highest BCUT2D eigenvalue weighted by molar-refractivity contribution is 5.92. The molecule has 5 heteroatoms. The van der Waals surface area contributed by atoms with Gasteiger partial charge in [0.25, 0.3) is 0 Å². The summed E-state index contributed by atoms with van der Waals surface area (Å²) in [6.45, 7) is 2.13. The minimum Gasteiger partial charge on any atom is -0.459 e. The summed E-state index contributed by atoms with van der Waals surface area (Å²) in [6.07, 6.45) is 3.24. The molecule has 0 saturated heterocycles. The van der Waals surface area contributed by atoms with Crippen molar-refractivity contribution in [3.8, 4) is 11.5 Å². The summed E-state index contributed by atoms with van der Waals surface area (Å²) >= 11 is 0. The van der Waals surface area contributed by atoms with Crippen molar-refractivity contribution in [3.63, 3.8) is 0 Å². The van der Waals surface area contributed by atoms with E-state index < -0.39 is 0 Å². The Bertz CT molecular complexity index is 924. The first-order valence-electron chi connectivity index (χ1n) is 8.06. The van der Waals surface area contributed by atoms with Gasteiger partial charge in [0.1, 0.15) is 11.3 Å². The summed E-state index contributed by atoms with van der Waals surface area (Å²) in [5.74, 6) is 1.95. The van der Waals surface area contributed by atoms with Crippen molar-refractivity contribution in [1.82, 2.24) is 5.32 Å². The normalized spacial score (nSPS) is 14.1. The molecule has 0 fully saturated rings. The number of nitrogens with one attached hydrogen (secondary N) is 1. The average molecular weight is 335 g/mol. The van der Waals surface area contributed by atoms with Crippen LogP contribution in [-0.2, 0) is 4.79 Å². The van der Waals surface area contributed by atoms with Crippen LogP contribution in [0.25, 0.3) is 17.0 Å². The maximum Gasteiger partial charge on any atom is 0.244 e. The van der Waals surface area contributed by atoms with Crippen LogP contribution < -0.4 is 14.8 Å². The predicted octanol–water partition coefficient (Wildman–Crippen LogP) is 4.05. The van der Waals surface area contributed by atoms with Crippen LogP contribution in [0.4, 0.5) is 0 Å². The van der Waals surface area contributed by atoms with Crippen molar-refractivity contribution in [3.05, 3.63) is 65.9 Å². The molecule has 126 valence electrons. The summed E-state index contributed by atoms with van der Waals surface area (Å²) in [5.41, 5.74) is 1.69. The van der Waals surface area contributed by atoms with Gasteiger partial charge in [-0.05, 0) is 42.8 Å². The summed E-state index contributed by atoms with van der Waals surface area (Å²) in [7, 11) is 0. The highest BCUT2D eigenvalue weighted by Crippen LogP contribution is 2.32. The number of hydrogen-bond donors (Lipinski definition) is 1. The lowest BCUT2D eigenvalue weighted by Crippen LogP contribution is -2.24. The molecule has 0 bridgehead atoms. The van der Waals surface area contributed by atoms with E-state index in [9.17, 15) is 4.79 Å². The topological polar surface area (TPSA) is 60.7 Å². The predicted molar refractivity (Wildman–Crippen MR) is 94.4 cm³/mol. The third kappa shape index (κ3) is 3.21. The van der Waals surface area contributed by atoms with E-state index in [1.54, 1.807) is 6.08 Å². The lowest BCUT2D eigenvalue weighted by atomic mass is 10.2. The van der Waals surface area contributed by atoms with Gasteiger partial charge in [-0.1, -0.05) is 24.3 Å². The molecule has 25 heavy (non-hydrogen) atoms. The van der Waals surface area contributed by atoms with E-state index in [1.165, 1.54) is 6.08 Å². The van der Waals surface area contributed by atoms with Gasteiger partial charge in [-0.3, -0.25) is 4.79 Å². The molecule has 1 amide bonds. The number of para-hydroxylation sites is 1. The zero-order valence-corrected chi connectivity index (χ0v) is 13.7. The average Bonchev–Trinajstić information content (AvgIpc) is 3.25. The van der Waals surface area contributed by atoms with Crippen LogP contribution in [0.1, 0.15) is 24.3 Å². The van der Waals surface area contributed by atoms with Crippen molar-refractivity contribution >= 4 is 23.0 Å². The van der Waals surface area contributed by atoms with Crippen LogP contribution in [-0.4, -0.2) is 12.7 Å². The van der Waals surface area contributed by atoms with Gasteiger partial charge in [0.05, 0.1) is 6.04 Å². The Kier molecular flexibility index (Phi) is 3.90. The number of furan rings is 1. The third-order valence-corrected chi connectivity index (χ3v) is 4.05. The quantitative estimate of drug-likeness (QED) is 0.731. The number of rotatable bonds is 4. The van der Waals surface area contributed by atoms with Gasteiger partial charge < -0.3 is 19.2 Å². The molecule has 1 atom stereocenters. The number of benzene rings is 2. The fraction of sp³-hybridized carbons (Fsp3) is 0.150. The molecule has 1 aliphatic heterocycles. The van der Waals surface area contributed by atoms with E-state index in [0.717, 1.165) is 28.0 Å². The van der Waals surface area contributed by atoms with Crippen LogP contribution in [0.2, 0.25) is 0 Å². The number of fused-ring (bicyclic) bond motifs is 2. The molecule has 0 saturated carbocycles. The molecule has 0 spiro atoms. The van der Waals surface area contributed by atoms with Crippen LogP contribution >= 0.6 is 0 Å². The highest BCUT2D eigenvalue weighted by atomic mass is 16.7. The Labute approximate surface area is 144 Å². The standard InChI is InChI=1S/C20H17NO4/c1-13(18-11-15-4-2-3-5-16(15)25-18)21-20(22)9-7-14-6-8-17-19(10-14)24-12-23-17/h2-11,13H,12H2,1H3,(H,21,22)/b9-7+. The van der Waals surface area contributed by atoms with E-state index in [4.69, 9.17) is 13.9 Å². The van der Waals surface area contributed by atoms with Crippen molar-refractivity contribution in [2.45, 2.75) is 13.0 Å². The number of hydrogen-bond acceptors (Lipinski definition) is 4. The Morgan fingerprint density at radius 2 is 1.96 bits per heavy atom. The Morgan fingerprint density at radius 1 is 1.12 bits per heavy atom. The fourth-order valence-corrected chi connectivity index (χ4v) is 2.74. The zero-order chi connectivity index (χ0) is 17.2. The van der Waals surface area contributed by atoms with E-state index in [2.05, 4.69) is 5.32 Å². The minimum absolute atomic E-state index is 0.189. The lowest BCUT2D eigenvalue weighted by molar-refractivity contribution is -0.117.